The van der Waals surface area contributed by atoms with Gasteiger partial charge in [-0.15, -0.1) is 0 Å². The van der Waals surface area contributed by atoms with Crippen molar-refractivity contribution >= 4 is 34.6 Å². The molecule has 3 aromatic rings. The fourth-order valence-corrected chi connectivity index (χ4v) is 2.56. The number of benzene rings is 3. The molecular formula is C22H17ClN4O. The van der Waals surface area contributed by atoms with Gasteiger partial charge in [0.05, 0.1) is 0 Å². The molecule has 0 spiro atoms. The molecule has 5 nitrogen and oxygen atoms in total. The van der Waals surface area contributed by atoms with Gasteiger partial charge >= 0.3 is 0 Å². The molecule has 0 bridgehead atoms. The van der Waals surface area contributed by atoms with Gasteiger partial charge in [0.1, 0.15) is 11.9 Å². The van der Waals surface area contributed by atoms with Crippen LogP contribution in [-0.2, 0) is 4.79 Å². The molecule has 3 aromatic carbocycles. The number of nitriles is 1. The zero-order chi connectivity index (χ0) is 19.8. The van der Waals surface area contributed by atoms with Gasteiger partial charge in [-0.05, 0) is 48.5 Å². The average Bonchev–Trinajstić information content (AvgIpc) is 2.72. The molecule has 138 valence electrons. The van der Waals surface area contributed by atoms with Crippen molar-refractivity contribution in [2.24, 2.45) is 0 Å². The van der Waals surface area contributed by atoms with E-state index in [2.05, 4.69) is 16.0 Å². The van der Waals surface area contributed by atoms with E-state index in [-0.39, 0.29) is 11.4 Å². The summed E-state index contributed by atoms with van der Waals surface area (Å²) < 4.78 is 0. The molecule has 0 saturated heterocycles. The van der Waals surface area contributed by atoms with Gasteiger partial charge in [0, 0.05) is 22.1 Å². The fraction of sp³-hybridized carbons (Fsp3) is 0. The highest BCUT2D eigenvalue weighted by atomic mass is 35.5. The number of nitrogens with one attached hydrogen (secondary N) is 3. The van der Waals surface area contributed by atoms with Crippen LogP contribution in [-0.4, -0.2) is 5.91 Å². The number of hydrogen-bond acceptors (Lipinski definition) is 4. The van der Waals surface area contributed by atoms with Crippen LogP contribution in [0.5, 0.6) is 0 Å². The minimum Gasteiger partial charge on any atom is -0.341 e. The number of carbonyl (C=O) groups excluding carboxylic acids is 1. The maximum absolute atomic E-state index is 12.7. The molecule has 0 aliphatic rings. The van der Waals surface area contributed by atoms with Crippen molar-refractivity contribution in [3.05, 3.63) is 101 Å². The van der Waals surface area contributed by atoms with Crippen molar-refractivity contribution in [1.29, 1.82) is 5.26 Å². The molecule has 0 aliphatic carbocycles. The lowest BCUT2D eigenvalue weighted by Crippen LogP contribution is -2.21. The van der Waals surface area contributed by atoms with Crippen molar-refractivity contribution in [3.63, 3.8) is 0 Å². The summed E-state index contributed by atoms with van der Waals surface area (Å²) >= 11 is 5.87. The lowest BCUT2D eigenvalue weighted by Gasteiger charge is -2.16. The molecule has 6 heteroatoms. The summed E-state index contributed by atoms with van der Waals surface area (Å²) in [5.74, 6) is -0.252. The van der Waals surface area contributed by atoms with Crippen molar-refractivity contribution in [2.45, 2.75) is 0 Å². The van der Waals surface area contributed by atoms with Crippen LogP contribution in [0, 0.1) is 11.3 Å². The maximum Gasteiger partial charge on any atom is 0.270 e. The van der Waals surface area contributed by atoms with Crippen LogP contribution in [0.25, 0.3) is 0 Å². The molecule has 0 atom stereocenters. The van der Waals surface area contributed by atoms with Gasteiger partial charge in [-0.3, -0.25) is 4.79 Å². The van der Waals surface area contributed by atoms with Crippen molar-refractivity contribution < 1.29 is 4.79 Å². The van der Waals surface area contributed by atoms with Gasteiger partial charge in [0.2, 0.25) is 0 Å². The molecule has 0 aliphatic heterocycles. The van der Waals surface area contributed by atoms with E-state index in [9.17, 15) is 10.1 Å². The predicted octanol–water partition coefficient (Wildman–Crippen LogP) is 5.24. The summed E-state index contributed by atoms with van der Waals surface area (Å²) in [7, 11) is 0. The first-order chi connectivity index (χ1) is 13.7. The Morgan fingerprint density at radius 1 is 0.714 bits per heavy atom. The summed E-state index contributed by atoms with van der Waals surface area (Å²) in [5.41, 5.74) is 1.95. The van der Waals surface area contributed by atoms with E-state index < -0.39 is 5.91 Å². The first-order valence-corrected chi connectivity index (χ1v) is 8.89. The summed E-state index contributed by atoms with van der Waals surface area (Å²) in [5, 5.41) is 19.2. The van der Waals surface area contributed by atoms with E-state index >= 15 is 0 Å². The molecule has 0 heterocycles. The Hall–Kier alpha value is -3.75. The Bertz CT molecular complexity index is 966. The second-order valence-electron chi connectivity index (χ2n) is 5.80. The Balaban J connectivity index is 1.93. The van der Waals surface area contributed by atoms with Gasteiger partial charge < -0.3 is 16.0 Å². The van der Waals surface area contributed by atoms with Crippen LogP contribution < -0.4 is 16.0 Å². The van der Waals surface area contributed by atoms with Crippen LogP contribution in [0.15, 0.2) is 96.3 Å². The highest BCUT2D eigenvalue weighted by Crippen LogP contribution is 2.18. The molecule has 0 radical (unpaired) electrons. The van der Waals surface area contributed by atoms with Crippen molar-refractivity contribution in [2.75, 3.05) is 16.0 Å². The number of amides is 1. The zero-order valence-electron chi connectivity index (χ0n) is 14.8. The minimum atomic E-state index is -0.535. The number of rotatable bonds is 6. The maximum atomic E-state index is 12.7. The smallest absolute Gasteiger partial charge is 0.270 e. The quantitative estimate of drug-likeness (QED) is 0.398. The van der Waals surface area contributed by atoms with E-state index in [0.29, 0.717) is 10.7 Å². The molecular weight excluding hydrogens is 372 g/mol. The Labute approximate surface area is 168 Å². The highest BCUT2D eigenvalue weighted by molar-refractivity contribution is 6.30. The summed E-state index contributed by atoms with van der Waals surface area (Å²) in [4.78, 5) is 12.7. The molecule has 28 heavy (non-hydrogen) atoms. The number of carbonyl (C=O) groups is 1. The lowest BCUT2D eigenvalue weighted by atomic mass is 10.2. The third-order valence-corrected chi connectivity index (χ3v) is 4.03. The Morgan fingerprint density at radius 3 is 1.64 bits per heavy atom. The van der Waals surface area contributed by atoms with Gasteiger partial charge in [-0.1, -0.05) is 48.0 Å². The fourth-order valence-electron chi connectivity index (χ4n) is 2.43. The van der Waals surface area contributed by atoms with E-state index in [4.69, 9.17) is 11.6 Å². The number of nitrogens with zero attached hydrogens (tertiary/aromatic N) is 1. The molecule has 3 rings (SSSR count). The van der Waals surface area contributed by atoms with Crippen molar-refractivity contribution in [1.82, 2.24) is 0 Å². The zero-order valence-corrected chi connectivity index (χ0v) is 15.6. The van der Waals surface area contributed by atoms with Gasteiger partial charge in [0.15, 0.2) is 5.57 Å². The summed E-state index contributed by atoms with van der Waals surface area (Å²) in [6.07, 6.45) is 0. The Morgan fingerprint density at radius 2 is 1.18 bits per heavy atom. The number of halogens is 1. The minimum absolute atomic E-state index is 0.0809. The van der Waals surface area contributed by atoms with Crippen LogP contribution in [0.1, 0.15) is 0 Å². The SMILES string of the molecule is N#CC(C(=O)Nc1ccc(Cl)cc1)=C(Nc1ccccc1)Nc1ccccc1. The topological polar surface area (TPSA) is 77.0 Å². The normalized spacial score (nSPS) is 9.71. The first-order valence-electron chi connectivity index (χ1n) is 8.51. The molecule has 0 aromatic heterocycles. The van der Waals surface area contributed by atoms with E-state index in [0.717, 1.165) is 11.4 Å². The van der Waals surface area contributed by atoms with E-state index in [1.54, 1.807) is 24.3 Å². The average molecular weight is 389 g/mol. The predicted molar refractivity (Wildman–Crippen MR) is 113 cm³/mol. The lowest BCUT2D eigenvalue weighted by molar-refractivity contribution is -0.112. The third-order valence-electron chi connectivity index (χ3n) is 3.78. The molecule has 0 unspecified atom stereocenters. The first kappa shape index (κ1) is 19.0. The van der Waals surface area contributed by atoms with E-state index in [1.807, 2.05) is 66.7 Å². The van der Waals surface area contributed by atoms with Crippen LogP contribution in [0.3, 0.4) is 0 Å². The number of anilines is 3. The van der Waals surface area contributed by atoms with E-state index in [1.165, 1.54) is 0 Å². The number of para-hydroxylation sites is 2. The second-order valence-corrected chi connectivity index (χ2v) is 6.24. The third kappa shape index (κ3) is 5.13. The van der Waals surface area contributed by atoms with Crippen LogP contribution in [0.4, 0.5) is 17.1 Å². The van der Waals surface area contributed by atoms with Gasteiger partial charge in [0.25, 0.3) is 5.91 Å². The monoisotopic (exact) mass is 388 g/mol. The highest BCUT2D eigenvalue weighted by Gasteiger charge is 2.17. The summed E-state index contributed by atoms with van der Waals surface area (Å²) in [6.45, 7) is 0. The largest absolute Gasteiger partial charge is 0.341 e. The standard InChI is InChI=1S/C22H17ClN4O/c23-16-11-13-19(14-12-16)27-22(28)20(15-24)21(25-17-7-3-1-4-8-17)26-18-9-5-2-6-10-18/h1-14,25-26H,(H,27,28). The van der Waals surface area contributed by atoms with Gasteiger partial charge in [-0.2, -0.15) is 5.26 Å². The van der Waals surface area contributed by atoms with Crippen LogP contribution >= 0.6 is 11.6 Å². The Kier molecular flexibility index (Phi) is 6.29. The molecule has 1 amide bonds. The summed E-state index contributed by atoms with van der Waals surface area (Å²) in [6, 6.07) is 27.3. The molecule has 0 saturated carbocycles. The number of hydrogen-bond donors (Lipinski definition) is 3. The second kappa shape index (κ2) is 9.26. The van der Waals surface area contributed by atoms with Gasteiger partial charge in [-0.25, -0.2) is 0 Å². The van der Waals surface area contributed by atoms with Crippen LogP contribution in [0.2, 0.25) is 5.02 Å². The van der Waals surface area contributed by atoms with Crippen molar-refractivity contribution in [3.8, 4) is 6.07 Å². The molecule has 3 N–H and O–H groups in total. The molecule has 0 fully saturated rings.